The number of nitrogens with two attached hydrogens (primary N) is 1. The van der Waals surface area contributed by atoms with E-state index in [1.807, 2.05) is 6.92 Å². The highest BCUT2D eigenvalue weighted by molar-refractivity contribution is 5.45. The van der Waals surface area contributed by atoms with Crippen LogP contribution >= 0.6 is 0 Å². The van der Waals surface area contributed by atoms with Crippen molar-refractivity contribution in [3.8, 4) is 0 Å². The zero-order valence-corrected chi connectivity index (χ0v) is 10.7. The van der Waals surface area contributed by atoms with Crippen LogP contribution in [0, 0.1) is 12.8 Å². The molecular formula is C13H22N4. The second kappa shape index (κ2) is 5.34. The Balaban J connectivity index is 2.01. The monoisotopic (exact) mass is 234 g/mol. The van der Waals surface area contributed by atoms with Crippen molar-refractivity contribution in [1.29, 1.82) is 0 Å². The van der Waals surface area contributed by atoms with Gasteiger partial charge >= 0.3 is 0 Å². The fraction of sp³-hybridized carbons (Fsp3) is 0.692. The van der Waals surface area contributed by atoms with Crippen molar-refractivity contribution in [2.45, 2.75) is 52.0 Å². The maximum absolute atomic E-state index is 5.62. The van der Waals surface area contributed by atoms with Crippen LogP contribution < -0.4 is 11.1 Å². The van der Waals surface area contributed by atoms with Crippen LogP contribution in [-0.2, 0) is 0 Å². The van der Waals surface area contributed by atoms with Crippen LogP contribution in [0.15, 0.2) is 6.20 Å². The van der Waals surface area contributed by atoms with Gasteiger partial charge in [-0.3, -0.25) is 0 Å². The molecule has 0 amide bonds. The third-order valence-electron chi connectivity index (χ3n) is 3.71. The van der Waals surface area contributed by atoms with Crippen molar-refractivity contribution in [3.63, 3.8) is 0 Å². The van der Waals surface area contributed by atoms with Crippen molar-refractivity contribution < 1.29 is 0 Å². The minimum absolute atomic E-state index is 0.342. The minimum Gasteiger partial charge on any atom is -0.368 e. The van der Waals surface area contributed by atoms with Gasteiger partial charge in [0.15, 0.2) is 0 Å². The lowest BCUT2D eigenvalue weighted by Crippen LogP contribution is -2.28. The predicted octanol–water partition coefficient (Wildman–Crippen LogP) is 2.75. The summed E-state index contributed by atoms with van der Waals surface area (Å²) in [6.45, 7) is 4.25. The number of hydrogen-bond donors (Lipinski definition) is 2. The summed E-state index contributed by atoms with van der Waals surface area (Å²) in [4.78, 5) is 8.25. The zero-order chi connectivity index (χ0) is 12.3. The summed E-state index contributed by atoms with van der Waals surface area (Å²) in [5.74, 6) is 1.99. The van der Waals surface area contributed by atoms with Gasteiger partial charge in [-0.25, -0.2) is 4.98 Å². The highest BCUT2D eigenvalue weighted by atomic mass is 15.1. The number of anilines is 2. The molecule has 94 valence electrons. The van der Waals surface area contributed by atoms with E-state index in [1.54, 1.807) is 6.20 Å². The SMILES string of the molecule is Cc1cnc(N)nc1NC(C)C1CCCCC1. The normalized spacial score (nSPS) is 18.9. The molecule has 3 N–H and O–H groups in total. The molecule has 0 spiro atoms. The molecule has 0 bridgehead atoms. The Kier molecular flexibility index (Phi) is 3.82. The van der Waals surface area contributed by atoms with Crippen LogP contribution in [0.25, 0.3) is 0 Å². The Hall–Kier alpha value is -1.32. The molecule has 1 aromatic rings. The maximum atomic E-state index is 5.62. The number of rotatable bonds is 3. The number of aromatic nitrogens is 2. The fourth-order valence-corrected chi connectivity index (χ4v) is 2.57. The molecule has 0 radical (unpaired) electrons. The Morgan fingerprint density at radius 2 is 2.06 bits per heavy atom. The number of nitrogen functional groups attached to an aromatic ring is 1. The molecule has 0 saturated heterocycles. The second-order valence-corrected chi connectivity index (χ2v) is 5.09. The van der Waals surface area contributed by atoms with E-state index in [1.165, 1.54) is 32.1 Å². The summed E-state index contributed by atoms with van der Waals surface area (Å²) in [5.41, 5.74) is 6.68. The topological polar surface area (TPSA) is 63.8 Å². The first-order valence-electron chi connectivity index (χ1n) is 6.52. The number of hydrogen-bond acceptors (Lipinski definition) is 4. The van der Waals surface area contributed by atoms with E-state index in [9.17, 15) is 0 Å². The van der Waals surface area contributed by atoms with E-state index in [2.05, 4.69) is 22.2 Å². The first kappa shape index (κ1) is 12.1. The van der Waals surface area contributed by atoms with Gasteiger partial charge in [-0.1, -0.05) is 19.3 Å². The molecule has 1 atom stereocenters. The number of aryl methyl sites for hydroxylation is 1. The van der Waals surface area contributed by atoms with Gasteiger partial charge in [0.05, 0.1) is 0 Å². The Bertz CT molecular complexity index is 372. The third kappa shape index (κ3) is 3.08. The molecule has 0 aromatic carbocycles. The molecule has 1 fully saturated rings. The van der Waals surface area contributed by atoms with Gasteiger partial charge in [0.25, 0.3) is 0 Å². The Morgan fingerprint density at radius 1 is 1.35 bits per heavy atom. The molecule has 1 aliphatic carbocycles. The van der Waals surface area contributed by atoms with Gasteiger partial charge in [0.2, 0.25) is 5.95 Å². The highest BCUT2D eigenvalue weighted by Gasteiger charge is 2.20. The summed E-state index contributed by atoms with van der Waals surface area (Å²) in [6, 6.07) is 0.461. The molecule has 1 unspecified atom stereocenters. The average molecular weight is 234 g/mol. The number of nitrogens with one attached hydrogen (secondary N) is 1. The maximum Gasteiger partial charge on any atom is 0.221 e. The van der Waals surface area contributed by atoms with E-state index in [0.29, 0.717) is 12.0 Å². The van der Waals surface area contributed by atoms with Gasteiger partial charge in [0, 0.05) is 17.8 Å². The van der Waals surface area contributed by atoms with E-state index in [0.717, 1.165) is 17.3 Å². The van der Waals surface area contributed by atoms with E-state index >= 15 is 0 Å². The summed E-state index contributed by atoms with van der Waals surface area (Å²) >= 11 is 0. The van der Waals surface area contributed by atoms with Crippen molar-refractivity contribution >= 4 is 11.8 Å². The van der Waals surface area contributed by atoms with Crippen molar-refractivity contribution in [2.75, 3.05) is 11.1 Å². The molecular weight excluding hydrogens is 212 g/mol. The van der Waals surface area contributed by atoms with Crippen LogP contribution in [0.1, 0.15) is 44.6 Å². The Morgan fingerprint density at radius 3 is 2.76 bits per heavy atom. The average Bonchev–Trinajstić information content (AvgIpc) is 2.35. The lowest BCUT2D eigenvalue weighted by Gasteiger charge is -2.29. The van der Waals surface area contributed by atoms with Crippen LogP contribution in [0.4, 0.5) is 11.8 Å². The number of nitrogens with zero attached hydrogens (tertiary/aromatic N) is 2. The largest absolute Gasteiger partial charge is 0.368 e. The molecule has 1 aromatic heterocycles. The van der Waals surface area contributed by atoms with Gasteiger partial charge in [-0.15, -0.1) is 0 Å². The molecule has 1 heterocycles. The smallest absolute Gasteiger partial charge is 0.221 e. The van der Waals surface area contributed by atoms with Crippen LogP contribution in [0.5, 0.6) is 0 Å². The van der Waals surface area contributed by atoms with E-state index in [-0.39, 0.29) is 0 Å². The van der Waals surface area contributed by atoms with Crippen molar-refractivity contribution in [2.24, 2.45) is 5.92 Å². The van der Waals surface area contributed by atoms with Gasteiger partial charge < -0.3 is 11.1 Å². The van der Waals surface area contributed by atoms with Gasteiger partial charge in [0.1, 0.15) is 5.82 Å². The molecule has 1 aliphatic rings. The first-order chi connectivity index (χ1) is 8.16. The van der Waals surface area contributed by atoms with Crippen LogP contribution in [0.2, 0.25) is 0 Å². The van der Waals surface area contributed by atoms with Crippen LogP contribution in [-0.4, -0.2) is 16.0 Å². The van der Waals surface area contributed by atoms with Crippen molar-refractivity contribution in [1.82, 2.24) is 9.97 Å². The Labute approximate surface area is 103 Å². The molecule has 17 heavy (non-hydrogen) atoms. The highest BCUT2D eigenvalue weighted by Crippen LogP contribution is 2.28. The van der Waals surface area contributed by atoms with E-state index in [4.69, 9.17) is 5.73 Å². The molecule has 4 nitrogen and oxygen atoms in total. The molecule has 1 saturated carbocycles. The van der Waals surface area contributed by atoms with E-state index < -0.39 is 0 Å². The molecule has 0 aliphatic heterocycles. The lowest BCUT2D eigenvalue weighted by molar-refractivity contribution is 0.328. The summed E-state index contributed by atoms with van der Waals surface area (Å²) in [5, 5.41) is 3.49. The van der Waals surface area contributed by atoms with Crippen molar-refractivity contribution in [3.05, 3.63) is 11.8 Å². The van der Waals surface area contributed by atoms with Gasteiger partial charge in [-0.05, 0) is 32.6 Å². The predicted molar refractivity (Wildman–Crippen MR) is 70.8 cm³/mol. The molecule has 2 rings (SSSR count). The quantitative estimate of drug-likeness (QED) is 0.844. The summed E-state index contributed by atoms with van der Waals surface area (Å²) in [7, 11) is 0. The summed E-state index contributed by atoms with van der Waals surface area (Å²) in [6.07, 6.45) is 8.55. The second-order valence-electron chi connectivity index (χ2n) is 5.09. The first-order valence-corrected chi connectivity index (χ1v) is 6.52. The molecule has 4 heteroatoms. The lowest BCUT2D eigenvalue weighted by atomic mass is 9.84. The third-order valence-corrected chi connectivity index (χ3v) is 3.71. The summed E-state index contributed by atoms with van der Waals surface area (Å²) < 4.78 is 0. The fourth-order valence-electron chi connectivity index (χ4n) is 2.57. The standard InChI is InChI=1S/C13H22N4/c1-9-8-15-13(14)17-12(9)16-10(2)11-6-4-3-5-7-11/h8,10-11H,3-7H2,1-2H3,(H3,14,15,16,17). The zero-order valence-electron chi connectivity index (χ0n) is 10.7. The minimum atomic E-state index is 0.342. The van der Waals surface area contributed by atoms with Crippen LogP contribution in [0.3, 0.4) is 0 Å². The van der Waals surface area contributed by atoms with Gasteiger partial charge in [-0.2, -0.15) is 4.98 Å².